The quantitative estimate of drug-likeness (QED) is 0.187. The molecule has 1 N–H and O–H groups in total. The Morgan fingerprint density at radius 3 is 1.58 bits per heavy atom. The summed E-state index contributed by atoms with van der Waals surface area (Å²) in [5.41, 5.74) is 14.7. The Kier molecular flexibility index (Phi) is 6.65. The molecule has 2 heterocycles. The molecule has 248 valence electrons. The first-order chi connectivity index (χ1) is 26.3. The molecule has 1 atom stereocenters. The number of fused-ring (bicyclic) bond motifs is 9. The summed E-state index contributed by atoms with van der Waals surface area (Å²) >= 11 is 0. The molecular formula is C51H34N2. The highest BCUT2D eigenvalue weighted by Gasteiger charge is 2.40. The fourth-order valence-electron chi connectivity index (χ4n) is 8.89. The lowest BCUT2D eigenvalue weighted by molar-refractivity contribution is 0.674. The molecule has 0 saturated heterocycles. The van der Waals surface area contributed by atoms with Crippen LogP contribution < -0.4 is 10.2 Å². The molecule has 9 aromatic carbocycles. The normalized spacial score (nSPS) is 14.6. The number of rotatable bonds is 4. The molecule has 2 aliphatic heterocycles. The van der Waals surface area contributed by atoms with Gasteiger partial charge in [0.15, 0.2) is 0 Å². The third-order valence-electron chi connectivity index (χ3n) is 11.2. The van der Waals surface area contributed by atoms with Crippen molar-refractivity contribution in [1.82, 2.24) is 5.32 Å². The zero-order valence-corrected chi connectivity index (χ0v) is 29.0. The highest BCUT2D eigenvalue weighted by atomic mass is 15.3. The molecule has 0 fully saturated rings. The number of para-hydroxylation sites is 1. The summed E-state index contributed by atoms with van der Waals surface area (Å²) in [4.78, 5) is 2.51. The van der Waals surface area contributed by atoms with E-state index < -0.39 is 0 Å². The fourth-order valence-corrected chi connectivity index (χ4v) is 8.89. The number of nitrogens with one attached hydrogen (secondary N) is 1. The van der Waals surface area contributed by atoms with E-state index in [-0.39, 0.29) is 6.17 Å². The van der Waals surface area contributed by atoms with Crippen LogP contribution in [-0.4, -0.2) is 0 Å². The first-order valence-corrected chi connectivity index (χ1v) is 18.4. The lowest BCUT2D eigenvalue weighted by Crippen LogP contribution is -2.32. The van der Waals surface area contributed by atoms with E-state index >= 15 is 0 Å². The van der Waals surface area contributed by atoms with Gasteiger partial charge in [-0.15, -0.1) is 0 Å². The molecule has 2 heteroatoms. The maximum Gasteiger partial charge on any atom is 0.131 e. The molecular weight excluding hydrogens is 641 g/mol. The Labute approximate surface area is 308 Å². The summed E-state index contributed by atoms with van der Waals surface area (Å²) < 4.78 is 0. The average molecular weight is 675 g/mol. The SMILES string of the molecule is c1ccc(C2=C(c3ccccc3)N3c4ccccc4-c4cc(-c5c6ccccc6c(-c6ccc7ccccc7c6)c6ccccc56)ccc4C3N2)cc1. The van der Waals surface area contributed by atoms with Gasteiger partial charge < -0.3 is 10.2 Å². The molecule has 1 unspecified atom stereocenters. The van der Waals surface area contributed by atoms with Crippen molar-refractivity contribution in [2.45, 2.75) is 6.17 Å². The Bertz CT molecular complexity index is 2870. The largest absolute Gasteiger partial charge is 0.359 e. The summed E-state index contributed by atoms with van der Waals surface area (Å²) in [6.45, 7) is 0. The van der Waals surface area contributed by atoms with Crippen molar-refractivity contribution in [3.63, 3.8) is 0 Å². The van der Waals surface area contributed by atoms with Gasteiger partial charge in [-0.1, -0.05) is 176 Å². The third kappa shape index (κ3) is 4.59. The van der Waals surface area contributed by atoms with Gasteiger partial charge in [0.25, 0.3) is 0 Å². The van der Waals surface area contributed by atoms with Crippen LogP contribution in [-0.2, 0) is 0 Å². The van der Waals surface area contributed by atoms with Gasteiger partial charge in [-0.3, -0.25) is 0 Å². The van der Waals surface area contributed by atoms with Gasteiger partial charge >= 0.3 is 0 Å². The first-order valence-electron chi connectivity index (χ1n) is 18.4. The Hall–Kier alpha value is -6.90. The van der Waals surface area contributed by atoms with Crippen molar-refractivity contribution in [3.8, 4) is 33.4 Å². The van der Waals surface area contributed by atoms with Gasteiger partial charge in [0.05, 0.1) is 17.1 Å². The minimum atomic E-state index is -0.0527. The van der Waals surface area contributed by atoms with E-state index in [1.165, 1.54) is 93.8 Å². The molecule has 9 aromatic rings. The summed E-state index contributed by atoms with van der Waals surface area (Å²) in [7, 11) is 0. The molecule has 0 saturated carbocycles. The second kappa shape index (κ2) is 11.8. The lowest BCUT2D eigenvalue weighted by Gasteiger charge is -2.37. The Balaban J connectivity index is 1.13. The van der Waals surface area contributed by atoms with Crippen molar-refractivity contribution in [2.75, 3.05) is 4.90 Å². The van der Waals surface area contributed by atoms with E-state index in [9.17, 15) is 0 Å². The van der Waals surface area contributed by atoms with E-state index in [4.69, 9.17) is 0 Å². The topological polar surface area (TPSA) is 15.3 Å². The van der Waals surface area contributed by atoms with E-state index in [2.05, 4.69) is 204 Å². The Morgan fingerprint density at radius 2 is 0.906 bits per heavy atom. The minimum absolute atomic E-state index is 0.0527. The van der Waals surface area contributed by atoms with Gasteiger partial charge in [0, 0.05) is 16.7 Å². The maximum absolute atomic E-state index is 4.02. The van der Waals surface area contributed by atoms with Crippen molar-refractivity contribution >= 4 is 49.4 Å². The highest BCUT2D eigenvalue weighted by molar-refractivity contribution is 6.22. The predicted octanol–water partition coefficient (Wildman–Crippen LogP) is 13.1. The molecule has 2 aliphatic rings. The minimum Gasteiger partial charge on any atom is -0.359 e. The standard InChI is InChI=1S/C51H34N2/c1-3-16-34(17-4-1)49-50(35-18-5-2-6-19-35)53-46-26-14-13-21-39(46)45-32-38(29-30-44(45)51(53)52-49)48-42-24-11-9-22-40(42)47(41-23-10-12-25-43(41)48)37-28-27-33-15-7-8-20-36(33)31-37/h1-32,51-52H. The second-order valence-corrected chi connectivity index (χ2v) is 14.1. The molecule has 0 bridgehead atoms. The predicted molar refractivity (Wildman–Crippen MR) is 223 cm³/mol. The summed E-state index contributed by atoms with van der Waals surface area (Å²) in [6.07, 6.45) is -0.0527. The van der Waals surface area contributed by atoms with Crippen LogP contribution in [0.1, 0.15) is 22.9 Å². The van der Waals surface area contributed by atoms with Crippen molar-refractivity contribution in [2.24, 2.45) is 0 Å². The van der Waals surface area contributed by atoms with E-state index in [0.717, 1.165) is 5.70 Å². The van der Waals surface area contributed by atoms with Gasteiger partial charge in [-0.05, 0) is 83.9 Å². The van der Waals surface area contributed by atoms with E-state index in [0.29, 0.717) is 0 Å². The van der Waals surface area contributed by atoms with Crippen molar-refractivity contribution in [3.05, 3.63) is 211 Å². The van der Waals surface area contributed by atoms with E-state index in [1.807, 2.05) is 0 Å². The van der Waals surface area contributed by atoms with Crippen LogP contribution in [0, 0.1) is 0 Å². The number of nitrogens with zero attached hydrogens (tertiary/aromatic N) is 1. The molecule has 0 aliphatic carbocycles. The van der Waals surface area contributed by atoms with Crippen LogP contribution in [0.5, 0.6) is 0 Å². The van der Waals surface area contributed by atoms with Gasteiger partial charge in [0.2, 0.25) is 0 Å². The molecule has 0 spiro atoms. The smallest absolute Gasteiger partial charge is 0.131 e. The first kappa shape index (κ1) is 29.8. The van der Waals surface area contributed by atoms with Gasteiger partial charge in [-0.25, -0.2) is 0 Å². The van der Waals surface area contributed by atoms with E-state index in [1.54, 1.807) is 0 Å². The summed E-state index contributed by atoms with van der Waals surface area (Å²) in [6, 6.07) is 71.1. The van der Waals surface area contributed by atoms with Crippen LogP contribution in [0.4, 0.5) is 5.69 Å². The number of hydrogen-bond donors (Lipinski definition) is 1. The van der Waals surface area contributed by atoms with Crippen LogP contribution in [0.2, 0.25) is 0 Å². The zero-order chi connectivity index (χ0) is 34.9. The molecule has 0 radical (unpaired) electrons. The lowest BCUT2D eigenvalue weighted by atomic mass is 9.83. The number of hydrogen-bond acceptors (Lipinski definition) is 2. The Morgan fingerprint density at radius 1 is 0.377 bits per heavy atom. The average Bonchev–Trinajstić information content (AvgIpc) is 3.64. The van der Waals surface area contributed by atoms with Crippen LogP contribution in [0.15, 0.2) is 194 Å². The van der Waals surface area contributed by atoms with Crippen molar-refractivity contribution < 1.29 is 0 Å². The molecule has 53 heavy (non-hydrogen) atoms. The molecule has 0 amide bonds. The number of benzene rings is 9. The molecule has 11 rings (SSSR count). The fraction of sp³-hybridized carbons (Fsp3) is 0.0196. The van der Waals surface area contributed by atoms with Gasteiger partial charge in [-0.2, -0.15) is 0 Å². The highest BCUT2D eigenvalue weighted by Crippen LogP contribution is 2.53. The van der Waals surface area contributed by atoms with Crippen LogP contribution >= 0.6 is 0 Å². The number of anilines is 1. The van der Waals surface area contributed by atoms with Crippen LogP contribution in [0.25, 0.3) is 77.1 Å². The summed E-state index contributed by atoms with van der Waals surface area (Å²) in [5, 5.41) is 11.6. The molecule has 2 nitrogen and oxygen atoms in total. The van der Waals surface area contributed by atoms with Crippen LogP contribution in [0.3, 0.4) is 0 Å². The third-order valence-corrected chi connectivity index (χ3v) is 11.2. The second-order valence-electron chi connectivity index (χ2n) is 14.1. The zero-order valence-electron chi connectivity index (χ0n) is 29.0. The maximum atomic E-state index is 4.02. The molecule has 0 aromatic heterocycles. The van der Waals surface area contributed by atoms with Gasteiger partial charge in [0.1, 0.15) is 6.17 Å². The van der Waals surface area contributed by atoms with Crippen molar-refractivity contribution in [1.29, 1.82) is 0 Å². The summed E-state index contributed by atoms with van der Waals surface area (Å²) in [5.74, 6) is 0. The monoisotopic (exact) mass is 674 g/mol.